The van der Waals surface area contributed by atoms with E-state index in [4.69, 9.17) is 0 Å². The van der Waals surface area contributed by atoms with Crippen molar-refractivity contribution in [3.63, 3.8) is 0 Å². The van der Waals surface area contributed by atoms with Crippen molar-refractivity contribution >= 4 is 22.5 Å². The molecule has 5 nitrogen and oxygen atoms in total. The fourth-order valence-corrected chi connectivity index (χ4v) is 3.37. The van der Waals surface area contributed by atoms with E-state index in [2.05, 4.69) is 34.4 Å². The van der Waals surface area contributed by atoms with Gasteiger partial charge in [-0.2, -0.15) is 0 Å². The predicted molar refractivity (Wildman–Crippen MR) is 94.1 cm³/mol. The van der Waals surface area contributed by atoms with Crippen LogP contribution in [0.25, 0.3) is 0 Å². The lowest BCUT2D eigenvalue weighted by Crippen LogP contribution is -2.37. The molecule has 1 N–H and O–H groups in total. The summed E-state index contributed by atoms with van der Waals surface area (Å²) in [4.78, 5) is 21.0. The number of amides is 2. The second-order valence-corrected chi connectivity index (χ2v) is 6.74. The molecule has 1 aromatic carbocycles. The maximum absolute atomic E-state index is 12.4. The lowest BCUT2D eigenvalue weighted by atomic mass is 10.1. The number of nitrogens with one attached hydrogen (secondary N) is 1. The van der Waals surface area contributed by atoms with Crippen molar-refractivity contribution in [3.8, 4) is 0 Å². The van der Waals surface area contributed by atoms with Crippen molar-refractivity contribution in [2.24, 2.45) is 0 Å². The number of carbonyl (C=O) groups is 1. The molecular weight excluding hydrogens is 308 g/mol. The van der Waals surface area contributed by atoms with Gasteiger partial charge in [-0.05, 0) is 25.6 Å². The Morgan fingerprint density at radius 2 is 2.04 bits per heavy atom. The van der Waals surface area contributed by atoms with Crippen LogP contribution in [0.5, 0.6) is 0 Å². The quantitative estimate of drug-likeness (QED) is 0.941. The minimum atomic E-state index is -0.0408. The highest BCUT2D eigenvalue weighted by Gasteiger charge is 2.18. The maximum Gasteiger partial charge on any atom is 0.323 e. The summed E-state index contributed by atoms with van der Waals surface area (Å²) in [7, 11) is 2.10. The summed E-state index contributed by atoms with van der Waals surface area (Å²) in [6.07, 6.45) is 1.81. The number of rotatable bonds is 3. The molecule has 2 heterocycles. The number of carbonyl (C=O) groups excluding carboxylic acids is 1. The largest absolute Gasteiger partial charge is 0.323 e. The molecule has 2 aromatic rings. The molecule has 1 aromatic heterocycles. The normalized spacial score (nSPS) is 16.1. The lowest BCUT2D eigenvalue weighted by Gasteiger charge is -2.20. The van der Waals surface area contributed by atoms with Gasteiger partial charge in [0.05, 0.1) is 5.69 Å². The van der Waals surface area contributed by atoms with Gasteiger partial charge in [-0.25, -0.2) is 9.78 Å². The van der Waals surface area contributed by atoms with Crippen LogP contribution in [0.3, 0.4) is 0 Å². The van der Waals surface area contributed by atoms with E-state index in [1.54, 1.807) is 0 Å². The molecule has 0 atom stereocenters. The number of nitrogens with zero attached hydrogens (tertiary/aromatic N) is 3. The number of anilines is 1. The highest BCUT2D eigenvalue weighted by atomic mass is 32.1. The second kappa shape index (κ2) is 7.57. The fourth-order valence-electron chi connectivity index (χ4n) is 2.67. The van der Waals surface area contributed by atoms with Crippen molar-refractivity contribution in [1.29, 1.82) is 0 Å². The van der Waals surface area contributed by atoms with E-state index >= 15 is 0 Å². The Morgan fingerprint density at radius 3 is 2.87 bits per heavy atom. The van der Waals surface area contributed by atoms with Crippen LogP contribution in [-0.4, -0.2) is 54.0 Å². The molecule has 3 rings (SSSR count). The first kappa shape index (κ1) is 16.0. The van der Waals surface area contributed by atoms with Crippen LogP contribution in [-0.2, 0) is 6.42 Å². The van der Waals surface area contributed by atoms with Crippen LogP contribution >= 0.6 is 11.3 Å². The maximum atomic E-state index is 12.4. The van der Waals surface area contributed by atoms with E-state index in [0.717, 1.165) is 44.7 Å². The first-order chi connectivity index (χ1) is 11.2. The highest BCUT2D eigenvalue weighted by molar-refractivity contribution is 7.13. The third-order valence-corrected chi connectivity index (χ3v) is 4.81. The summed E-state index contributed by atoms with van der Waals surface area (Å²) in [6, 6.07) is 10.2. The summed E-state index contributed by atoms with van der Waals surface area (Å²) < 4.78 is 0. The molecule has 1 fully saturated rings. The Morgan fingerprint density at radius 1 is 1.22 bits per heavy atom. The van der Waals surface area contributed by atoms with Gasteiger partial charge in [0.15, 0.2) is 5.13 Å². The smallest absolute Gasteiger partial charge is 0.323 e. The summed E-state index contributed by atoms with van der Waals surface area (Å²) in [5, 5.41) is 5.63. The van der Waals surface area contributed by atoms with E-state index in [1.807, 2.05) is 28.5 Å². The van der Waals surface area contributed by atoms with E-state index in [0.29, 0.717) is 5.13 Å². The first-order valence-corrected chi connectivity index (χ1v) is 8.81. The van der Waals surface area contributed by atoms with Crippen molar-refractivity contribution < 1.29 is 4.79 Å². The number of likely N-dealkylation sites (N-methyl/N-ethyl adjacent to an activating group) is 1. The molecule has 0 unspecified atom stereocenters. The molecule has 0 spiro atoms. The molecule has 0 bridgehead atoms. The molecule has 0 aliphatic carbocycles. The summed E-state index contributed by atoms with van der Waals surface area (Å²) >= 11 is 1.49. The van der Waals surface area contributed by atoms with Crippen LogP contribution in [0.2, 0.25) is 0 Å². The van der Waals surface area contributed by atoms with Gasteiger partial charge in [-0.15, -0.1) is 11.3 Å². The lowest BCUT2D eigenvalue weighted by molar-refractivity contribution is 0.213. The third-order valence-electron chi connectivity index (χ3n) is 4.00. The zero-order valence-corrected chi connectivity index (χ0v) is 14.2. The van der Waals surface area contributed by atoms with Crippen molar-refractivity contribution in [2.75, 3.05) is 38.5 Å². The fraction of sp³-hybridized carbons (Fsp3) is 0.412. The molecular formula is C17H22N4OS. The third kappa shape index (κ3) is 4.53. The average Bonchev–Trinajstić information content (AvgIpc) is 2.86. The minimum absolute atomic E-state index is 0.0408. The monoisotopic (exact) mass is 330 g/mol. The van der Waals surface area contributed by atoms with E-state index in [-0.39, 0.29) is 6.03 Å². The number of hydrogen-bond donors (Lipinski definition) is 1. The minimum Gasteiger partial charge on any atom is -0.323 e. The standard InChI is InChI=1S/C17H22N4OS/c1-20-8-5-9-21(11-10-20)17(22)19-16-18-15(13-23-16)12-14-6-3-2-4-7-14/h2-4,6-7,13H,5,8-12H2,1H3,(H,18,19,22). The number of benzene rings is 1. The van der Waals surface area contributed by atoms with Crippen LogP contribution < -0.4 is 5.32 Å². The molecule has 6 heteroatoms. The number of thiazole rings is 1. The number of urea groups is 1. The molecule has 122 valence electrons. The Bertz CT molecular complexity index is 643. The van der Waals surface area contributed by atoms with Crippen molar-refractivity contribution in [3.05, 3.63) is 47.0 Å². The van der Waals surface area contributed by atoms with Crippen LogP contribution in [0.4, 0.5) is 9.93 Å². The Hall–Kier alpha value is -1.92. The van der Waals surface area contributed by atoms with Gasteiger partial charge in [0.25, 0.3) is 0 Å². The zero-order valence-electron chi connectivity index (χ0n) is 13.4. The van der Waals surface area contributed by atoms with Gasteiger partial charge in [0.2, 0.25) is 0 Å². The zero-order chi connectivity index (χ0) is 16.1. The van der Waals surface area contributed by atoms with Crippen molar-refractivity contribution in [2.45, 2.75) is 12.8 Å². The first-order valence-electron chi connectivity index (χ1n) is 7.93. The number of hydrogen-bond acceptors (Lipinski definition) is 4. The van der Waals surface area contributed by atoms with Crippen LogP contribution in [0.1, 0.15) is 17.7 Å². The molecule has 1 saturated heterocycles. The Labute approximate surface area is 140 Å². The van der Waals surface area contributed by atoms with Crippen molar-refractivity contribution in [1.82, 2.24) is 14.8 Å². The van der Waals surface area contributed by atoms with Crippen LogP contribution in [0.15, 0.2) is 35.7 Å². The van der Waals surface area contributed by atoms with Crippen LogP contribution in [0, 0.1) is 0 Å². The average molecular weight is 330 g/mol. The van der Waals surface area contributed by atoms with Gasteiger partial charge in [0, 0.05) is 31.4 Å². The molecule has 0 saturated carbocycles. The summed E-state index contributed by atoms with van der Waals surface area (Å²) in [5.41, 5.74) is 2.22. The molecule has 1 aliphatic heterocycles. The predicted octanol–water partition coefficient (Wildman–Crippen LogP) is 2.90. The molecule has 1 aliphatic rings. The van der Waals surface area contributed by atoms with E-state index in [1.165, 1.54) is 16.9 Å². The van der Waals surface area contributed by atoms with E-state index < -0.39 is 0 Å². The highest BCUT2D eigenvalue weighted by Crippen LogP contribution is 2.18. The molecule has 2 amide bonds. The Kier molecular flexibility index (Phi) is 5.25. The van der Waals surface area contributed by atoms with Gasteiger partial charge >= 0.3 is 6.03 Å². The van der Waals surface area contributed by atoms with Gasteiger partial charge in [-0.1, -0.05) is 30.3 Å². The Balaban J connectivity index is 1.57. The molecule has 23 heavy (non-hydrogen) atoms. The molecule has 0 radical (unpaired) electrons. The SMILES string of the molecule is CN1CCCN(C(=O)Nc2nc(Cc3ccccc3)cs2)CC1. The van der Waals surface area contributed by atoms with E-state index in [9.17, 15) is 4.79 Å². The van der Waals surface area contributed by atoms with Gasteiger partial charge in [-0.3, -0.25) is 5.32 Å². The van der Waals surface area contributed by atoms with Gasteiger partial charge < -0.3 is 9.80 Å². The van der Waals surface area contributed by atoms with Gasteiger partial charge in [0.1, 0.15) is 0 Å². The number of aromatic nitrogens is 1. The topological polar surface area (TPSA) is 48.5 Å². The summed E-state index contributed by atoms with van der Waals surface area (Å²) in [5.74, 6) is 0. The second-order valence-electron chi connectivity index (χ2n) is 5.88. The summed E-state index contributed by atoms with van der Waals surface area (Å²) in [6.45, 7) is 3.54.